The van der Waals surface area contributed by atoms with Crippen molar-refractivity contribution < 1.29 is 19.4 Å². The van der Waals surface area contributed by atoms with Crippen LogP contribution in [0.15, 0.2) is 12.2 Å². The van der Waals surface area contributed by atoms with Crippen molar-refractivity contribution in [3.63, 3.8) is 0 Å². The Morgan fingerprint density at radius 3 is 2.59 bits per heavy atom. The minimum Gasteiger partial charge on any atom is -0.456 e. The van der Waals surface area contributed by atoms with Crippen LogP contribution in [0.25, 0.3) is 0 Å². The van der Waals surface area contributed by atoms with Crippen molar-refractivity contribution in [1.82, 2.24) is 0 Å². The summed E-state index contributed by atoms with van der Waals surface area (Å²) in [6.07, 6.45) is 1.24. The van der Waals surface area contributed by atoms with Crippen molar-refractivity contribution >= 4 is 5.97 Å². The van der Waals surface area contributed by atoms with E-state index in [4.69, 9.17) is 9.47 Å². The maximum atomic E-state index is 11.4. The number of ether oxygens (including phenoxy) is 2. The van der Waals surface area contributed by atoms with Gasteiger partial charge in [-0.1, -0.05) is 13.5 Å². The van der Waals surface area contributed by atoms with Crippen LogP contribution in [-0.2, 0) is 14.3 Å². The molecule has 0 spiro atoms. The molecule has 0 radical (unpaired) electrons. The number of rotatable bonds is 6. The van der Waals surface area contributed by atoms with Gasteiger partial charge in [-0.3, -0.25) is 0 Å². The Kier molecular flexibility index (Phi) is 3.99. The average molecular weight is 242 g/mol. The molecule has 1 N–H and O–H groups in total. The lowest BCUT2D eigenvalue weighted by molar-refractivity contribution is -0.145. The molecule has 2 unspecified atom stereocenters. The highest BCUT2D eigenvalue weighted by atomic mass is 16.6. The van der Waals surface area contributed by atoms with E-state index in [1.165, 1.54) is 0 Å². The predicted molar refractivity (Wildman–Crippen MR) is 64.6 cm³/mol. The maximum Gasteiger partial charge on any atom is 0.333 e. The van der Waals surface area contributed by atoms with Crippen LogP contribution in [0.3, 0.4) is 0 Å². The number of carbonyl (C=O) groups excluding carboxylic acids is 1. The first-order valence-corrected chi connectivity index (χ1v) is 5.93. The molecular weight excluding hydrogens is 220 g/mol. The SMILES string of the molecule is C=C(C)C(=O)OC1CC1(CC)OCC(C)(C)O. The fourth-order valence-electron chi connectivity index (χ4n) is 1.58. The van der Waals surface area contributed by atoms with Crippen LogP contribution in [0, 0.1) is 0 Å². The highest BCUT2D eigenvalue weighted by molar-refractivity contribution is 5.87. The van der Waals surface area contributed by atoms with Crippen LogP contribution in [0.1, 0.15) is 40.5 Å². The molecule has 1 saturated carbocycles. The highest BCUT2D eigenvalue weighted by Gasteiger charge is 2.57. The zero-order valence-corrected chi connectivity index (χ0v) is 11.1. The molecule has 4 heteroatoms. The van der Waals surface area contributed by atoms with Crippen molar-refractivity contribution in [3.8, 4) is 0 Å². The van der Waals surface area contributed by atoms with Crippen LogP contribution in [0.5, 0.6) is 0 Å². The second-order valence-electron chi connectivity index (χ2n) is 5.40. The van der Waals surface area contributed by atoms with Gasteiger partial charge in [-0.15, -0.1) is 0 Å². The monoisotopic (exact) mass is 242 g/mol. The van der Waals surface area contributed by atoms with E-state index in [1.807, 2.05) is 6.92 Å². The van der Waals surface area contributed by atoms with Gasteiger partial charge in [0.1, 0.15) is 11.7 Å². The number of esters is 1. The third kappa shape index (κ3) is 3.82. The summed E-state index contributed by atoms with van der Waals surface area (Å²) >= 11 is 0. The van der Waals surface area contributed by atoms with E-state index in [2.05, 4.69) is 6.58 Å². The van der Waals surface area contributed by atoms with E-state index in [0.29, 0.717) is 12.0 Å². The van der Waals surface area contributed by atoms with Crippen molar-refractivity contribution in [2.75, 3.05) is 6.61 Å². The first-order valence-electron chi connectivity index (χ1n) is 5.93. The molecule has 0 aromatic heterocycles. The minimum absolute atomic E-state index is 0.209. The average Bonchev–Trinajstić information content (AvgIpc) is 2.88. The van der Waals surface area contributed by atoms with Gasteiger partial charge >= 0.3 is 5.97 Å². The van der Waals surface area contributed by atoms with Gasteiger partial charge in [-0.05, 0) is 27.2 Å². The van der Waals surface area contributed by atoms with Gasteiger partial charge in [0.2, 0.25) is 0 Å². The molecular formula is C13H22O4. The molecule has 1 aliphatic rings. The quantitative estimate of drug-likeness (QED) is 0.570. The first-order chi connectivity index (χ1) is 7.70. The summed E-state index contributed by atoms with van der Waals surface area (Å²) in [5.74, 6) is -0.378. The van der Waals surface area contributed by atoms with Crippen LogP contribution in [0.4, 0.5) is 0 Å². The van der Waals surface area contributed by atoms with E-state index >= 15 is 0 Å². The summed E-state index contributed by atoms with van der Waals surface area (Å²) in [5, 5.41) is 9.61. The minimum atomic E-state index is -0.867. The van der Waals surface area contributed by atoms with E-state index in [0.717, 1.165) is 6.42 Å². The standard InChI is InChI=1S/C13H22O4/c1-6-13(16-8-12(4,5)15)7-10(13)17-11(14)9(2)3/h10,15H,2,6-8H2,1,3-5H3. The molecule has 4 nitrogen and oxygen atoms in total. The summed E-state index contributed by atoms with van der Waals surface area (Å²) in [7, 11) is 0. The summed E-state index contributed by atoms with van der Waals surface area (Å²) in [6, 6.07) is 0. The van der Waals surface area contributed by atoms with Crippen LogP contribution < -0.4 is 0 Å². The number of aliphatic hydroxyl groups is 1. The Morgan fingerprint density at radius 1 is 1.59 bits per heavy atom. The molecule has 0 saturated heterocycles. The lowest BCUT2D eigenvalue weighted by Crippen LogP contribution is -2.32. The first kappa shape index (κ1) is 14.2. The summed E-state index contributed by atoms with van der Waals surface area (Å²) < 4.78 is 10.9. The van der Waals surface area contributed by atoms with Gasteiger partial charge in [-0.2, -0.15) is 0 Å². The van der Waals surface area contributed by atoms with E-state index in [1.54, 1.807) is 20.8 Å². The Morgan fingerprint density at radius 2 is 2.18 bits per heavy atom. The molecule has 0 aromatic rings. The van der Waals surface area contributed by atoms with Crippen LogP contribution in [-0.4, -0.2) is 35.0 Å². The molecule has 0 amide bonds. The number of carbonyl (C=O) groups is 1. The lowest BCUT2D eigenvalue weighted by atomic mass is 10.1. The normalized spacial score (nSPS) is 27.7. The molecule has 98 valence electrons. The fraction of sp³-hybridized carbons (Fsp3) is 0.769. The second kappa shape index (κ2) is 4.78. The molecule has 0 bridgehead atoms. The summed E-state index contributed by atoms with van der Waals surface area (Å²) in [4.78, 5) is 11.4. The molecule has 0 aromatic carbocycles. The predicted octanol–water partition coefficient (Wildman–Crippen LogP) is 1.81. The zero-order valence-electron chi connectivity index (χ0n) is 11.1. The molecule has 2 atom stereocenters. The number of hydrogen-bond acceptors (Lipinski definition) is 4. The van der Waals surface area contributed by atoms with E-state index in [-0.39, 0.29) is 18.7 Å². The van der Waals surface area contributed by atoms with Crippen LogP contribution in [0.2, 0.25) is 0 Å². The molecule has 0 aliphatic heterocycles. The molecule has 17 heavy (non-hydrogen) atoms. The zero-order chi connectivity index (χ0) is 13.3. The Bertz CT molecular complexity index is 316. The Balaban J connectivity index is 2.47. The van der Waals surface area contributed by atoms with Crippen LogP contribution >= 0.6 is 0 Å². The Hall–Kier alpha value is -0.870. The smallest absolute Gasteiger partial charge is 0.333 e. The largest absolute Gasteiger partial charge is 0.456 e. The van der Waals surface area contributed by atoms with Gasteiger partial charge in [0.15, 0.2) is 0 Å². The van der Waals surface area contributed by atoms with Crippen molar-refractivity contribution in [2.24, 2.45) is 0 Å². The highest BCUT2D eigenvalue weighted by Crippen LogP contribution is 2.46. The van der Waals surface area contributed by atoms with E-state index < -0.39 is 11.2 Å². The number of hydrogen-bond donors (Lipinski definition) is 1. The lowest BCUT2D eigenvalue weighted by Gasteiger charge is -2.23. The second-order valence-corrected chi connectivity index (χ2v) is 5.40. The van der Waals surface area contributed by atoms with Crippen molar-refractivity contribution in [1.29, 1.82) is 0 Å². The summed E-state index contributed by atoms with van der Waals surface area (Å²) in [5.41, 5.74) is -0.886. The van der Waals surface area contributed by atoms with Gasteiger partial charge in [0.25, 0.3) is 0 Å². The van der Waals surface area contributed by atoms with Gasteiger partial charge in [0, 0.05) is 12.0 Å². The van der Waals surface area contributed by atoms with E-state index in [9.17, 15) is 9.90 Å². The Labute approximate surface area is 103 Å². The third-order valence-electron chi connectivity index (χ3n) is 2.87. The van der Waals surface area contributed by atoms with Crippen molar-refractivity contribution in [2.45, 2.75) is 57.8 Å². The fourth-order valence-corrected chi connectivity index (χ4v) is 1.58. The molecule has 1 rings (SSSR count). The summed E-state index contributed by atoms with van der Waals surface area (Å²) in [6.45, 7) is 10.8. The molecule has 0 heterocycles. The maximum absolute atomic E-state index is 11.4. The molecule has 1 fully saturated rings. The third-order valence-corrected chi connectivity index (χ3v) is 2.87. The topological polar surface area (TPSA) is 55.8 Å². The molecule has 1 aliphatic carbocycles. The van der Waals surface area contributed by atoms with Gasteiger partial charge in [0.05, 0.1) is 12.2 Å². The van der Waals surface area contributed by atoms with Gasteiger partial charge < -0.3 is 14.6 Å². The van der Waals surface area contributed by atoms with Gasteiger partial charge in [-0.25, -0.2) is 4.79 Å². The van der Waals surface area contributed by atoms with Crippen molar-refractivity contribution in [3.05, 3.63) is 12.2 Å².